The van der Waals surface area contributed by atoms with Crippen LogP contribution in [0.5, 0.6) is 11.5 Å². The van der Waals surface area contributed by atoms with E-state index in [1.165, 1.54) is 13.2 Å². The van der Waals surface area contributed by atoms with Gasteiger partial charge in [0.15, 0.2) is 11.5 Å². The number of hydrogen-bond acceptors (Lipinski definition) is 3. The van der Waals surface area contributed by atoms with Crippen LogP contribution in [0.2, 0.25) is 0 Å². The van der Waals surface area contributed by atoms with Crippen LogP contribution < -0.4 is 14.8 Å². The summed E-state index contributed by atoms with van der Waals surface area (Å²) in [5.41, 5.74) is 1.70. The first-order valence-corrected chi connectivity index (χ1v) is 10.9. The third kappa shape index (κ3) is 4.45. The summed E-state index contributed by atoms with van der Waals surface area (Å²) in [6.07, 6.45) is -2.87. The number of carbonyl (C=O) groups is 1. The summed E-state index contributed by atoms with van der Waals surface area (Å²) in [6, 6.07) is 22.5. The van der Waals surface area contributed by atoms with Gasteiger partial charge in [-0.15, -0.1) is 0 Å². The maximum Gasteiger partial charge on any atom is 0.416 e. The average Bonchev–Trinajstić information content (AvgIpc) is 3.16. The van der Waals surface area contributed by atoms with E-state index in [0.29, 0.717) is 29.2 Å². The average molecular weight is 475 g/mol. The minimum absolute atomic E-state index is 0.137. The summed E-state index contributed by atoms with van der Waals surface area (Å²) in [5, 5.41) is 4.74. The predicted molar refractivity (Wildman–Crippen MR) is 129 cm³/mol. The fourth-order valence-corrected chi connectivity index (χ4v) is 4.15. The minimum Gasteiger partial charge on any atom is -0.493 e. The Bertz CT molecular complexity index is 1470. The zero-order valence-corrected chi connectivity index (χ0v) is 18.6. The lowest BCUT2D eigenvalue weighted by atomic mass is 10.0. The number of nitrogens with one attached hydrogen (secondary N) is 1. The van der Waals surface area contributed by atoms with Crippen molar-refractivity contribution in [2.24, 2.45) is 0 Å². The van der Waals surface area contributed by atoms with Crippen LogP contribution in [0.15, 0.2) is 78.9 Å². The molecule has 0 spiro atoms. The van der Waals surface area contributed by atoms with Gasteiger partial charge in [0.1, 0.15) is 6.61 Å². The van der Waals surface area contributed by atoms with Crippen molar-refractivity contribution >= 4 is 34.0 Å². The Morgan fingerprint density at radius 1 is 0.914 bits per heavy atom. The van der Waals surface area contributed by atoms with E-state index in [2.05, 4.69) is 5.32 Å². The van der Waals surface area contributed by atoms with Crippen LogP contribution in [0.4, 0.5) is 18.9 Å². The Balaban J connectivity index is 1.41. The van der Waals surface area contributed by atoms with Crippen LogP contribution in [-0.4, -0.2) is 13.0 Å². The highest BCUT2D eigenvalue weighted by Gasteiger charge is 2.33. The summed E-state index contributed by atoms with van der Waals surface area (Å²) >= 11 is 0. The predicted octanol–water partition coefficient (Wildman–Crippen LogP) is 6.94. The topological polar surface area (TPSA) is 47.6 Å². The third-order valence-corrected chi connectivity index (χ3v) is 5.89. The van der Waals surface area contributed by atoms with Gasteiger partial charge in [0, 0.05) is 16.8 Å². The molecule has 0 saturated carbocycles. The van der Waals surface area contributed by atoms with Gasteiger partial charge in [0.2, 0.25) is 0 Å². The van der Waals surface area contributed by atoms with Gasteiger partial charge in [-0.2, -0.15) is 13.2 Å². The smallest absolute Gasteiger partial charge is 0.416 e. The highest BCUT2D eigenvalue weighted by Crippen LogP contribution is 2.39. The number of alkyl halides is 3. The molecule has 0 aromatic heterocycles. The lowest BCUT2D eigenvalue weighted by Crippen LogP contribution is -2.06. The summed E-state index contributed by atoms with van der Waals surface area (Å²) < 4.78 is 50.6. The van der Waals surface area contributed by atoms with Gasteiger partial charge in [0.25, 0.3) is 5.91 Å². The molecule has 1 amide bonds. The minimum atomic E-state index is -4.48. The number of anilines is 1. The second kappa shape index (κ2) is 8.83. The molecule has 176 valence electrons. The molecular weight excluding hydrogens is 455 g/mol. The summed E-state index contributed by atoms with van der Waals surface area (Å²) in [7, 11) is 1.52. The van der Waals surface area contributed by atoms with Crippen molar-refractivity contribution in [3.63, 3.8) is 0 Å². The molecule has 4 aromatic carbocycles. The maximum absolute atomic E-state index is 13.0. The van der Waals surface area contributed by atoms with E-state index in [0.717, 1.165) is 28.5 Å². The molecule has 35 heavy (non-hydrogen) atoms. The second-order valence-corrected chi connectivity index (χ2v) is 8.11. The molecule has 1 aliphatic heterocycles. The number of methoxy groups -OCH3 is 1. The fourth-order valence-electron chi connectivity index (χ4n) is 4.15. The van der Waals surface area contributed by atoms with E-state index < -0.39 is 17.6 Å². The molecule has 0 aliphatic carbocycles. The zero-order valence-electron chi connectivity index (χ0n) is 18.6. The van der Waals surface area contributed by atoms with Crippen LogP contribution >= 0.6 is 0 Å². The first kappa shape index (κ1) is 22.5. The van der Waals surface area contributed by atoms with E-state index in [1.807, 2.05) is 42.5 Å². The van der Waals surface area contributed by atoms with Gasteiger partial charge in [-0.3, -0.25) is 4.79 Å². The Morgan fingerprint density at radius 2 is 1.71 bits per heavy atom. The van der Waals surface area contributed by atoms with Crippen molar-refractivity contribution < 1.29 is 27.4 Å². The molecule has 0 bridgehead atoms. The van der Waals surface area contributed by atoms with Crippen LogP contribution in [0.25, 0.3) is 22.4 Å². The fraction of sp³-hybridized carbons (Fsp3) is 0.107. The van der Waals surface area contributed by atoms with E-state index in [4.69, 9.17) is 9.47 Å². The maximum atomic E-state index is 13.0. The van der Waals surface area contributed by atoms with Crippen molar-refractivity contribution in [3.05, 3.63) is 101 Å². The highest BCUT2D eigenvalue weighted by molar-refractivity contribution is 6.35. The number of ether oxygens (including phenoxy) is 2. The number of carbonyl (C=O) groups excluding carboxylic acids is 1. The van der Waals surface area contributed by atoms with E-state index >= 15 is 0 Å². The first-order valence-electron chi connectivity index (χ1n) is 10.9. The summed E-state index contributed by atoms with van der Waals surface area (Å²) in [4.78, 5) is 12.5. The number of benzene rings is 4. The number of rotatable bonds is 5. The van der Waals surface area contributed by atoms with Gasteiger partial charge in [-0.05, 0) is 52.2 Å². The molecule has 0 atom stereocenters. The molecule has 1 heterocycles. The molecule has 0 fully saturated rings. The second-order valence-electron chi connectivity index (χ2n) is 8.11. The Morgan fingerprint density at radius 3 is 2.51 bits per heavy atom. The number of hydrogen-bond donors (Lipinski definition) is 1. The normalized spacial score (nSPS) is 14.2. The SMILES string of the molecule is COc1cc(/C=C2/C(=O)Nc3cc(C(F)(F)F)ccc32)ccc1OCc1cccc2ccccc12. The monoisotopic (exact) mass is 475 g/mol. The largest absolute Gasteiger partial charge is 0.493 e. The Hall–Kier alpha value is -4.26. The van der Waals surface area contributed by atoms with Gasteiger partial charge in [-0.25, -0.2) is 0 Å². The summed E-state index contributed by atoms with van der Waals surface area (Å²) in [5.74, 6) is 0.550. The molecule has 1 N–H and O–H groups in total. The quantitative estimate of drug-likeness (QED) is 0.318. The van der Waals surface area contributed by atoms with Gasteiger partial charge >= 0.3 is 6.18 Å². The van der Waals surface area contributed by atoms with Gasteiger partial charge < -0.3 is 14.8 Å². The van der Waals surface area contributed by atoms with Crippen LogP contribution in [0.1, 0.15) is 22.3 Å². The lowest BCUT2D eigenvalue weighted by molar-refractivity contribution is -0.137. The van der Waals surface area contributed by atoms with E-state index in [1.54, 1.807) is 24.3 Å². The van der Waals surface area contributed by atoms with Gasteiger partial charge in [-0.1, -0.05) is 54.6 Å². The zero-order chi connectivity index (χ0) is 24.6. The van der Waals surface area contributed by atoms with Crippen LogP contribution in [-0.2, 0) is 17.6 Å². The standard InChI is InChI=1S/C28H20F3NO3/c1-34-26-14-17(13-23-22-11-10-20(28(29,30)31)15-24(22)32-27(23)33)9-12-25(26)35-16-19-7-4-6-18-5-2-3-8-21(18)19/h2-15H,16H2,1H3,(H,32,33)/b23-13+. The van der Waals surface area contributed by atoms with Crippen molar-refractivity contribution in [1.82, 2.24) is 0 Å². The number of fused-ring (bicyclic) bond motifs is 2. The van der Waals surface area contributed by atoms with E-state index in [-0.39, 0.29) is 11.3 Å². The van der Waals surface area contributed by atoms with Crippen molar-refractivity contribution in [3.8, 4) is 11.5 Å². The van der Waals surface area contributed by atoms with Gasteiger partial charge in [0.05, 0.1) is 12.7 Å². The van der Waals surface area contributed by atoms with Crippen molar-refractivity contribution in [2.45, 2.75) is 12.8 Å². The number of amides is 1. The van der Waals surface area contributed by atoms with Crippen molar-refractivity contribution in [1.29, 1.82) is 0 Å². The third-order valence-electron chi connectivity index (χ3n) is 5.89. The molecule has 1 aliphatic rings. The molecule has 5 rings (SSSR count). The molecule has 4 aromatic rings. The summed E-state index contributed by atoms with van der Waals surface area (Å²) in [6.45, 7) is 0.343. The first-order chi connectivity index (χ1) is 16.8. The van der Waals surface area contributed by atoms with Crippen LogP contribution in [0.3, 0.4) is 0 Å². The number of halogens is 3. The highest BCUT2D eigenvalue weighted by atomic mass is 19.4. The lowest BCUT2D eigenvalue weighted by Gasteiger charge is -2.13. The van der Waals surface area contributed by atoms with E-state index in [9.17, 15) is 18.0 Å². The van der Waals surface area contributed by atoms with Crippen molar-refractivity contribution in [2.75, 3.05) is 12.4 Å². The molecule has 0 saturated heterocycles. The Labute approximate surface area is 199 Å². The molecule has 4 nitrogen and oxygen atoms in total. The molecule has 0 radical (unpaired) electrons. The molecule has 0 unspecified atom stereocenters. The molecular formula is C28H20F3NO3. The Kier molecular flexibility index (Phi) is 5.68. The van der Waals surface area contributed by atoms with Crippen LogP contribution in [0, 0.1) is 0 Å². The molecule has 7 heteroatoms.